The van der Waals surface area contributed by atoms with Crippen molar-refractivity contribution in [3.63, 3.8) is 0 Å². The monoisotopic (exact) mass is 403 g/mol. The second kappa shape index (κ2) is 9.07. The van der Waals surface area contributed by atoms with Crippen LogP contribution in [0.15, 0.2) is 58.0 Å². The van der Waals surface area contributed by atoms with Crippen LogP contribution < -0.4 is 10.1 Å². The maximum atomic E-state index is 12.3. The molecule has 0 aliphatic rings. The van der Waals surface area contributed by atoms with E-state index in [0.29, 0.717) is 5.56 Å². The highest BCUT2D eigenvalue weighted by Crippen LogP contribution is 2.26. The van der Waals surface area contributed by atoms with Crippen LogP contribution in [0.4, 0.5) is 5.69 Å². The van der Waals surface area contributed by atoms with Crippen molar-refractivity contribution in [3.05, 3.63) is 59.7 Å². The molecule has 3 rings (SSSR count). The molecular formula is C18H17N3O2S3. The first-order valence-corrected chi connectivity index (χ1v) is 10.7. The standard InChI is InChI=1S/C18H17N3O2S3/c1-23-15-9-7-14(8-10-15)19-16(22)13-5-3-12(4-6-13)11-25-18-20-17(24-2)21-26-18/h3-10H,11H2,1-2H3,(H,19,22). The van der Waals surface area contributed by atoms with Gasteiger partial charge in [0.15, 0.2) is 4.34 Å². The fourth-order valence-electron chi connectivity index (χ4n) is 2.11. The zero-order chi connectivity index (χ0) is 18.4. The Kier molecular flexibility index (Phi) is 6.54. The van der Waals surface area contributed by atoms with Gasteiger partial charge in [0.2, 0.25) is 5.16 Å². The highest BCUT2D eigenvalue weighted by atomic mass is 32.2. The fourth-order valence-corrected chi connectivity index (χ4v) is 4.28. The number of nitrogens with one attached hydrogen (secondary N) is 1. The van der Waals surface area contributed by atoms with Gasteiger partial charge in [-0.1, -0.05) is 35.7 Å². The summed E-state index contributed by atoms with van der Waals surface area (Å²) in [7, 11) is 1.61. The summed E-state index contributed by atoms with van der Waals surface area (Å²) < 4.78 is 10.3. The Bertz CT molecular complexity index is 864. The van der Waals surface area contributed by atoms with Gasteiger partial charge in [-0.3, -0.25) is 4.79 Å². The molecule has 0 atom stereocenters. The van der Waals surface area contributed by atoms with Gasteiger partial charge < -0.3 is 10.1 Å². The molecule has 0 unspecified atom stereocenters. The minimum atomic E-state index is -0.136. The number of hydrogen-bond donors (Lipinski definition) is 1. The zero-order valence-corrected chi connectivity index (χ0v) is 16.7. The Morgan fingerprint density at radius 2 is 1.88 bits per heavy atom. The summed E-state index contributed by atoms with van der Waals surface area (Å²) >= 11 is 4.60. The summed E-state index contributed by atoms with van der Waals surface area (Å²) in [5.74, 6) is 1.41. The lowest BCUT2D eigenvalue weighted by Crippen LogP contribution is -2.11. The molecule has 1 heterocycles. The molecule has 3 aromatic rings. The molecule has 8 heteroatoms. The van der Waals surface area contributed by atoms with Crippen LogP contribution in [0.25, 0.3) is 0 Å². The van der Waals surface area contributed by atoms with Crippen LogP contribution in [0.2, 0.25) is 0 Å². The molecule has 0 fully saturated rings. The van der Waals surface area contributed by atoms with Gasteiger partial charge in [-0.15, -0.1) is 0 Å². The highest BCUT2D eigenvalue weighted by Gasteiger charge is 2.08. The average molecular weight is 404 g/mol. The van der Waals surface area contributed by atoms with E-state index in [9.17, 15) is 4.79 Å². The van der Waals surface area contributed by atoms with Gasteiger partial charge in [-0.25, -0.2) is 4.98 Å². The lowest BCUT2D eigenvalue weighted by molar-refractivity contribution is 0.102. The number of carbonyl (C=O) groups excluding carboxylic acids is 1. The van der Waals surface area contributed by atoms with E-state index < -0.39 is 0 Å². The molecule has 2 aromatic carbocycles. The number of ether oxygens (including phenoxy) is 1. The number of carbonyl (C=O) groups is 1. The first kappa shape index (κ1) is 18.8. The number of methoxy groups -OCH3 is 1. The predicted molar refractivity (Wildman–Crippen MR) is 109 cm³/mol. The average Bonchev–Trinajstić information content (AvgIpc) is 3.15. The third-order valence-electron chi connectivity index (χ3n) is 3.50. The van der Waals surface area contributed by atoms with Gasteiger partial charge in [-0.05, 0) is 59.7 Å². The Labute approximate surface area is 164 Å². The van der Waals surface area contributed by atoms with Crippen LogP contribution in [-0.2, 0) is 5.75 Å². The van der Waals surface area contributed by atoms with Crippen molar-refractivity contribution in [2.24, 2.45) is 0 Å². The molecule has 0 aliphatic carbocycles. The van der Waals surface area contributed by atoms with Crippen molar-refractivity contribution in [1.82, 2.24) is 9.36 Å². The number of anilines is 1. The van der Waals surface area contributed by atoms with Crippen molar-refractivity contribution in [1.29, 1.82) is 0 Å². The molecule has 0 spiro atoms. The van der Waals surface area contributed by atoms with Gasteiger partial charge in [0, 0.05) is 17.0 Å². The third kappa shape index (κ3) is 5.00. The van der Waals surface area contributed by atoms with E-state index in [1.807, 2.05) is 54.8 Å². The molecule has 26 heavy (non-hydrogen) atoms. The number of hydrogen-bond acceptors (Lipinski definition) is 7. The molecule has 0 saturated heterocycles. The first-order chi connectivity index (χ1) is 12.7. The Balaban J connectivity index is 1.56. The number of aromatic nitrogens is 2. The fraction of sp³-hybridized carbons (Fsp3) is 0.167. The SMILES string of the molecule is COc1ccc(NC(=O)c2ccc(CSc3nc(SC)ns3)cc2)cc1. The van der Waals surface area contributed by atoms with Crippen molar-refractivity contribution in [2.75, 3.05) is 18.7 Å². The number of rotatable bonds is 7. The number of benzene rings is 2. The van der Waals surface area contributed by atoms with Crippen molar-refractivity contribution < 1.29 is 9.53 Å². The second-order valence-electron chi connectivity index (χ2n) is 5.22. The van der Waals surface area contributed by atoms with Crippen LogP contribution in [0.5, 0.6) is 5.75 Å². The van der Waals surface area contributed by atoms with Gasteiger partial charge in [0.25, 0.3) is 5.91 Å². The van der Waals surface area contributed by atoms with E-state index in [0.717, 1.165) is 32.2 Å². The highest BCUT2D eigenvalue weighted by molar-refractivity contribution is 8.00. The molecule has 1 amide bonds. The van der Waals surface area contributed by atoms with Gasteiger partial charge in [-0.2, -0.15) is 4.37 Å². The van der Waals surface area contributed by atoms with E-state index in [4.69, 9.17) is 4.74 Å². The van der Waals surface area contributed by atoms with Gasteiger partial charge in [0.05, 0.1) is 7.11 Å². The molecule has 1 aromatic heterocycles. The summed E-state index contributed by atoms with van der Waals surface area (Å²) in [4.78, 5) is 16.7. The minimum Gasteiger partial charge on any atom is -0.497 e. The summed E-state index contributed by atoms with van der Waals surface area (Å²) in [5.41, 5.74) is 2.49. The lowest BCUT2D eigenvalue weighted by atomic mass is 10.1. The van der Waals surface area contributed by atoms with E-state index in [-0.39, 0.29) is 5.91 Å². The summed E-state index contributed by atoms with van der Waals surface area (Å²) in [5, 5.41) is 3.69. The molecular weight excluding hydrogens is 386 g/mol. The van der Waals surface area contributed by atoms with Crippen LogP contribution in [0.1, 0.15) is 15.9 Å². The lowest BCUT2D eigenvalue weighted by Gasteiger charge is -2.07. The van der Waals surface area contributed by atoms with Gasteiger partial charge >= 0.3 is 0 Å². The third-order valence-corrected chi connectivity index (χ3v) is 6.07. The van der Waals surface area contributed by atoms with E-state index in [2.05, 4.69) is 14.7 Å². The number of thioether (sulfide) groups is 2. The first-order valence-electron chi connectivity index (χ1n) is 7.73. The minimum absolute atomic E-state index is 0.136. The van der Waals surface area contributed by atoms with E-state index in [1.165, 1.54) is 11.5 Å². The maximum absolute atomic E-state index is 12.3. The smallest absolute Gasteiger partial charge is 0.255 e. The van der Waals surface area contributed by atoms with Gasteiger partial charge in [0.1, 0.15) is 5.75 Å². The molecule has 0 radical (unpaired) electrons. The van der Waals surface area contributed by atoms with E-state index in [1.54, 1.807) is 30.6 Å². The summed E-state index contributed by atoms with van der Waals surface area (Å²) in [6, 6.07) is 14.8. The Hall–Kier alpha value is -2.03. The number of amides is 1. The van der Waals surface area contributed by atoms with Crippen molar-refractivity contribution >= 4 is 46.7 Å². The Morgan fingerprint density at radius 3 is 2.50 bits per heavy atom. The normalized spacial score (nSPS) is 10.5. The van der Waals surface area contributed by atoms with Crippen LogP contribution >= 0.6 is 35.1 Å². The maximum Gasteiger partial charge on any atom is 0.255 e. The molecule has 0 aliphatic heterocycles. The van der Waals surface area contributed by atoms with Crippen molar-refractivity contribution in [3.8, 4) is 5.75 Å². The summed E-state index contributed by atoms with van der Waals surface area (Å²) in [6.07, 6.45) is 1.96. The molecule has 1 N–H and O–H groups in total. The zero-order valence-electron chi connectivity index (χ0n) is 14.3. The van der Waals surface area contributed by atoms with Crippen LogP contribution in [-0.4, -0.2) is 28.6 Å². The Morgan fingerprint density at radius 1 is 1.15 bits per heavy atom. The second-order valence-corrected chi connectivity index (χ2v) is 7.96. The quantitative estimate of drug-likeness (QED) is 0.571. The largest absolute Gasteiger partial charge is 0.497 e. The van der Waals surface area contributed by atoms with E-state index >= 15 is 0 Å². The topological polar surface area (TPSA) is 64.1 Å². The van der Waals surface area contributed by atoms with Crippen molar-refractivity contribution in [2.45, 2.75) is 15.2 Å². The predicted octanol–water partition coefficient (Wildman–Crippen LogP) is 4.81. The molecule has 134 valence electrons. The van der Waals surface area contributed by atoms with Crippen LogP contribution in [0, 0.1) is 0 Å². The molecule has 0 saturated carbocycles. The summed E-state index contributed by atoms with van der Waals surface area (Å²) in [6.45, 7) is 0. The van der Waals surface area contributed by atoms with Crippen LogP contribution in [0.3, 0.4) is 0 Å². The number of nitrogens with zero attached hydrogens (tertiary/aromatic N) is 2. The molecule has 0 bridgehead atoms. The molecule has 5 nitrogen and oxygen atoms in total.